The summed E-state index contributed by atoms with van der Waals surface area (Å²) >= 11 is 0. The van der Waals surface area contributed by atoms with E-state index < -0.39 is 26.5 Å². The Balaban J connectivity index is 2.30. The Kier molecular flexibility index (Phi) is 29.0. The molecule has 0 amide bonds. The molecule has 0 spiro atoms. The average Bonchev–Trinajstić information content (AvgIpc) is 3.84. The number of rotatable bonds is 37. The molecule has 52 heavy (non-hydrogen) atoms. The molecule has 0 aromatic rings. The largest absolute Gasteiger partial charge is 0.756 e. The molecule has 0 aromatic carbocycles. The topological polar surface area (TPSA) is 124 Å². The minimum absolute atomic E-state index is 0.0342. The summed E-state index contributed by atoms with van der Waals surface area (Å²) in [7, 11) is 1.15. The van der Waals surface area contributed by atoms with E-state index in [1.54, 1.807) is 0 Å². The summed E-state index contributed by atoms with van der Waals surface area (Å²) in [6, 6.07) is 0. The molecule has 0 bridgehead atoms. The first kappa shape index (κ1) is 48.7. The number of phosphoric acid groups is 1. The molecule has 306 valence electrons. The predicted octanol–water partition coefficient (Wildman–Crippen LogP) is 9.77. The SMILES string of the molecule is CCCCC/C=C\CC1OC1CCCCCCCC(=O)O[C@H](COC(=O)CCCCCCCCCCCCCC)COP(=O)([O-])OCC[N+](C)(C)C. The number of quaternary nitrogens is 1. The smallest absolute Gasteiger partial charge is 0.306 e. The summed E-state index contributed by atoms with van der Waals surface area (Å²) in [6.07, 6.45) is 31.1. The fraction of sp³-hybridized carbons (Fsp3) is 0.902. The number of nitrogens with zero attached hydrogens (tertiary/aromatic N) is 1. The van der Waals surface area contributed by atoms with Crippen molar-refractivity contribution >= 4 is 19.8 Å². The summed E-state index contributed by atoms with van der Waals surface area (Å²) in [5.41, 5.74) is 0. The van der Waals surface area contributed by atoms with Crippen molar-refractivity contribution in [3.63, 3.8) is 0 Å². The van der Waals surface area contributed by atoms with Gasteiger partial charge in [-0.05, 0) is 38.5 Å². The average molecular weight is 760 g/mol. The number of phosphoric ester groups is 1. The number of unbranched alkanes of at least 4 members (excludes halogenated alkanes) is 18. The highest BCUT2D eigenvalue weighted by molar-refractivity contribution is 7.45. The molecule has 0 N–H and O–H groups in total. The standard InChI is InChI=1S/C41H78NO9P/c1-6-8-10-12-14-15-16-17-18-19-23-27-31-40(43)47-35-37(36-49-52(45,46)48-34-33-42(3,4)5)50-41(44)32-28-24-20-22-26-30-39-38(51-39)29-25-21-13-11-9-7-2/h21,25,37-39H,6-20,22-24,26-36H2,1-5H3/b25-21-/t37-,38?,39?/m1/s1. The number of carbonyl (C=O) groups is 2. The molecular formula is C41H78NO9P. The maximum absolute atomic E-state index is 12.7. The number of carbonyl (C=O) groups excluding carboxylic acids is 2. The predicted molar refractivity (Wildman–Crippen MR) is 208 cm³/mol. The van der Waals surface area contributed by atoms with Crippen LogP contribution in [0.2, 0.25) is 0 Å². The van der Waals surface area contributed by atoms with E-state index in [0.717, 1.165) is 64.2 Å². The van der Waals surface area contributed by atoms with Gasteiger partial charge in [-0.3, -0.25) is 14.2 Å². The van der Waals surface area contributed by atoms with Gasteiger partial charge in [0.15, 0.2) is 6.10 Å². The molecular weight excluding hydrogens is 681 g/mol. The van der Waals surface area contributed by atoms with E-state index in [0.29, 0.717) is 29.7 Å². The number of likely N-dealkylation sites (N-methyl/N-ethyl adjacent to an activating group) is 1. The van der Waals surface area contributed by atoms with Crippen LogP contribution in [-0.4, -0.2) is 82.2 Å². The van der Waals surface area contributed by atoms with Crippen LogP contribution in [0.15, 0.2) is 12.2 Å². The van der Waals surface area contributed by atoms with Crippen LogP contribution in [0, 0.1) is 0 Å². The lowest BCUT2D eigenvalue weighted by Crippen LogP contribution is -2.37. The van der Waals surface area contributed by atoms with Gasteiger partial charge in [0.25, 0.3) is 7.82 Å². The van der Waals surface area contributed by atoms with E-state index in [1.165, 1.54) is 77.0 Å². The maximum atomic E-state index is 12.7. The first-order valence-electron chi connectivity index (χ1n) is 21.0. The first-order chi connectivity index (χ1) is 25.0. The van der Waals surface area contributed by atoms with Crippen molar-refractivity contribution in [3.05, 3.63) is 12.2 Å². The number of esters is 2. The Labute approximate surface area is 318 Å². The quantitative estimate of drug-likeness (QED) is 0.0152. The van der Waals surface area contributed by atoms with E-state index in [1.807, 2.05) is 21.1 Å². The fourth-order valence-corrected chi connectivity index (χ4v) is 6.74. The van der Waals surface area contributed by atoms with Gasteiger partial charge in [0.2, 0.25) is 0 Å². The van der Waals surface area contributed by atoms with Crippen LogP contribution in [0.1, 0.15) is 174 Å². The molecule has 4 atom stereocenters. The maximum Gasteiger partial charge on any atom is 0.306 e. The molecule has 1 saturated heterocycles. The van der Waals surface area contributed by atoms with Crippen molar-refractivity contribution in [1.29, 1.82) is 0 Å². The number of hydrogen-bond donors (Lipinski definition) is 0. The fourth-order valence-electron chi connectivity index (χ4n) is 6.01. The minimum atomic E-state index is -4.62. The van der Waals surface area contributed by atoms with Crippen molar-refractivity contribution in [2.75, 3.05) is 47.5 Å². The third-order valence-electron chi connectivity index (χ3n) is 9.46. The Morgan fingerprint density at radius 2 is 1.23 bits per heavy atom. The van der Waals surface area contributed by atoms with Crippen molar-refractivity contribution < 1.29 is 46.8 Å². The zero-order valence-corrected chi connectivity index (χ0v) is 34.9. The number of epoxide rings is 1. The number of ether oxygens (including phenoxy) is 3. The molecule has 1 rings (SSSR count). The molecule has 1 fully saturated rings. The van der Waals surface area contributed by atoms with Crippen LogP contribution in [-0.2, 0) is 37.4 Å². The number of allylic oxidation sites excluding steroid dienone is 1. The van der Waals surface area contributed by atoms with Gasteiger partial charge in [0.05, 0.1) is 40.0 Å². The zero-order valence-electron chi connectivity index (χ0n) is 34.0. The van der Waals surface area contributed by atoms with Crippen LogP contribution in [0.5, 0.6) is 0 Å². The van der Waals surface area contributed by atoms with E-state index in [2.05, 4.69) is 26.0 Å². The van der Waals surface area contributed by atoms with Gasteiger partial charge in [0, 0.05) is 12.8 Å². The van der Waals surface area contributed by atoms with Crippen molar-refractivity contribution in [1.82, 2.24) is 0 Å². The lowest BCUT2D eigenvalue weighted by atomic mass is 10.0. The monoisotopic (exact) mass is 760 g/mol. The summed E-state index contributed by atoms with van der Waals surface area (Å²) in [6.45, 7) is 4.16. The normalized spacial score (nSPS) is 17.7. The van der Waals surface area contributed by atoms with Crippen LogP contribution < -0.4 is 4.89 Å². The lowest BCUT2D eigenvalue weighted by Gasteiger charge is -2.28. The second kappa shape index (κ2) is 31.0. The Hall–Kier alpha value is -1.29. The van der Waals surface area contributed by atoms with Gasteiger partial charge in [-0.25, -0.2) is 0 Å². The lowest BCUT2D eigenvalue weighted by molar-refractivity contribution is -0.870. The molecule has 1 aliphatic rings. The van der Waals surface area contributed by atoms with Crippen molar-refractivity contribution in [2.45, 2.75) is 193 Å². The third kappa shape index (κ3) is 31.1. The third-order valence-corrected chi connectivity index (χ3v) is 10.4. The molecule has 3 unspecified atom stereocenters. The zero-order chi connectivity index (χ0) is 38.3. The van der Waals surface area contributed by atoms with Crippen LogP contribution in [0.3, 0.4) is 0 Å². The van der Waals surface area contributed by atoms with Crippen LogP contribution in [0.4, 0.5) is 0 Å². The minimum Gasteiger partial charge on any atom is -0.756 e. The Morgan fingerprint density at radius 3 is 1.83 bits per heavy atom. The van der Waals surface area contributed by atoms with Gasteiger partial charge >= 0.3 is 11.9 Å². The highest BCUT2D eigenvalue weighted by atomic mass is 31.2. The van der Waals surface area contributed by atoms with Gasteiger partial charge in [-0.15, -0.1) is 0 Å². The van der Waals surface area contributed by atoms with Crippen molar-refractivity contribution in [2.24, 2.45) is 0 Å². The summed E-state index contributed by atoms with van der Waals surface area (Å²) < 4.78 is 39.6. The van der Waals surface area contributed by atoms with E-state index in [-0.39, 0.29) is 32.0 Å². The molecule has 11 heteroatoms. The molecule has 10 nitrogen and oxygen atoms in total. The Bertz CT molecular complexity index is 970. The van der Waals surface area contributed by atoms with Gasteiger partial charge in [0.1, 0.15) is 19.8 Å². The van der Waals surface area contributed by atoms with Crippen LogP contribution >= 0.6 is 7.82 Å². The highest BCUT2D eigenvalue weighted by Crippen LogP contribution is 2.38. The second-order valence-corrected chi connectivity index (χ2v) is 17.2. The van der Waals surface area contributed by atoms with E-state index in [9.17, 15) is 19.0 Å². The Morgan fingerprint density at radius 1 is 0.692 bits per heavy atom. The van der Waals surface area contributed by atoms with Crippen LogP contribution in [0.25, 0.3) is 0 Å². The van der Waals surface area contributed by atoms with E-state index >= 15 is 0 Å². The molecule has 0 saturated carbocycles. The second-order valence-electron chi connectivity index (χ2n) is 15.7. The summed E-state index contributed by atoms with van der Waals surface area (Å²) in [4.78, 5) is 37.5. The molecule has 0 radical (unpaired) electrons. The van der Waals surface area contributed by atoms with Crippen molar-refractivity contribution in [3.8, 4) is 0 Å². The number of hydrogen-bond acceptors (Lipinski definition) is 9. The van der Waals surface area contributed by atoms with Gasteiger partial charge < -0.3 is 32.6 Å². The van der Waals surface area contributed by atoms with Gasteiger partial charge in [-0.1, -0.05) is 135 Å². The summed E-state index contributed by atoms with van der Waals surface area (Å²) in [5.74, 6) is -0.853. The first-order valence-corrected chi connectivity index (χ1v) is 22.5. The molecule has 1 aliphatic heterocycles. The molecule has 0 aromatic heterocycles. The molecule has 1 heterocycles. The van der Waals surface area contributed by atoms with Gasteiger partial charge in [-0.2, -0.15) is 0 Å². The van der Waals surface area contributed by atoms with E-state index in [4.69, 9.17) is 23.3 Å². The molecule has 0 aliphatic carbocycles. The summed E-state index contributed by atoms with van der Waals surface area (Å²) in [5, 5.41) is 0. The highest BCUT2D eigenvalue weighted by Gasteiger charge is 2.36.